The van der Waals surface area contributed by atoms with Crippen LogP contribution in [0, 0.1) is 0 Å². The summed E-state index contributed by atoms with van der Waals surface area (Å²) in [7, 11) is 1.39. The smallest absolute Gasteiger partial charge is 0.416 e. The van der Waals surface area contributed by atoms with E-state index < -0.39 is 17.6 Å². The molecule has 0 saturated heterocycles. The highest BCUT2D eigenvalue weighted by molar-refractivity contribution is 5.96. The first kappa shape index (κ1) is 15.9. The van der Waals surface area contributed by atoms with E-state index in [2.05, 4.69) is 0 Å². The van der Waals surface area contributed by atoms with Crippen LogP contribution in [-0.4, -0.2) is 23.0 Å². The van der Waals surface area contributed by atoms with Gasteiger partial charge >= 0.3 is 6.18 Å². The molecule has 2 aromatic rings. The number of hydrogen-bond acceptors (Lipinski definition) is 2. The maximum atomic E-state index is 12.9. The van der Waals surface area contributed by atoms with Crippen LogP contribution in [-0.2, 0) is 12.7 Å². The highest BCUT2D eigenvalue weighted by Gasteiger charge is 2.33. The molecule has 6 heteroatoms. The maximum absolute atomic E-state index is 12.9. The molecule has 3 nitrogen and oxygen atoms in total. The lowest BCUT2D eigenvalue weighted by Gasteiger charge is -2.20. The first-order valence-electron chi connectivity index (χ1n) is 6.49. The van der Waals surface area contributed by atoms with E-state index >= 15 is 0 Å². The SMILES string of the molecule is CN(Cc1ccccc1C(F)(F)F)C(=O)c1ccccc1O. The molecular formula is C16H14F3NO2. The van der Waals surface area contributed by atoms with E-state index in [9.17, 15) is 23.1 Å². The predicted molar refractivity (Wildman–Crippen MR) is 75.3 cm³/mol. The van der Waals surface area contributed by atoms with Gasteiger partial charge < -0.3 is 10.0 Å². The van der Waals surface area contributed by atoms with Crippen molar-refractivity contribution in [3.63, 3.8) is 0 Å². The monoisotopic (exact) mass is 309 g/mol. The van der Waals surface area contributed by atoms with E-state index in [0.29, 0.717) is 0 Å². The van der Waals surface area contributed by atoms with E-state index in [1.54, 1.807) is 12.1 Å². The zero-order chi connectivity index (χ0) is 16.3. The second kappa shape index (κ2) is 6.09. The molecule has 0 fully saturated rings. The summed E-state index contributed by atoms with van der Waals surface area (Å²) in [6.07, 6.45) is -4.48. The summed E-state index contributed by atoms with van der Waals surface area (Å²) in [5, 5.41) is 9.65. The quantitative estimate of drug-likeness (QED) is 0.939. The number of halogens is 3. The molecule has 0 spiro atoms. The lowest BCUT2D eigenvalue weighted by molar-refractivity contribution is -0.138. The summed E-state index contributed by atoms with van der Waals surface area (Å²) in [5.74, 6) is -0.751. The topological polar surface area (TPSA) is 40.5 Å². The van der Waals surface area contributed by atoms with Crippen molar-refractivity contribution in [1.29, 1.82) is 0 Å². The summed E-state index contributed by atoms with van der Waals surface area (Å²) >= 11 is 0. The number of phenols is 1. The van der Waals surface area contributed by atoms with Gasteiger partial charge in [-0.15, -0.1) is 0 Å². The van der Waals surface area contributed by atoms with Crippen LogP contribution in [0.2, 0.25) is 0 Å². The number of rotatable bonds is 3. The molecule has 2 aromatic carbocycles. The van der Waals surface area contributed by atoms with Crippen LogP contribution >= 0.6 is 0 Å². The molecular weight excluding hydrogens is 295 g/mol. The van der Waals surface area contributed by atoms with Crippen LogP contribution < -0.4 is 0 Å². The van der Waals surface area contributed by atoms with Crippen molar-refractivity contribution in [2.24, 2.45) is 0 Å². The van der Waals surface area contributed by atoms with Gasteiger partial charge in [0.25, 0.3) is 5.91 Å². The molecule has 1 N–H and O–H groups in total. The third kappa shape index (κ3) is 3.39. The Kier molecular flexibility index (Phi) is 4.40. The number of amides is 1. The normalized spacial score (nSPS) is 11.3. The number of carbonyl (C=O) groups excluding carboxylic acids is 1. The second-order valence-electron chi connectivity index (χ2n) is 4.83. The number of nitrogens with zero attached hydrogens (tertiary/aromatic N) is 1. The maximum Gasteiger partial charge on any atom is 0.416 e. The molecule has 0 aromatic heterocycles. The second-order valence-corrected chi connectivity index (χ2v) is 4.83. The van der Waals surface area contributed by atoms with Crippen LogP contribution in [0.15, 0.2) is 48.5 Å². The predicted octanol–water partition coefficient (Wildman–Crippen LogP) is 3.68. The number of phenolic OH excluding ortho intramolecular Hbond substituents is 1. The molecule has 1 amide bonds. The summed E-state index contributed by atoms with van der Waals surface area (Å²) in [4.78, 5) is 13.4. The third-order valence-corrected chi connectivity index (χ3v) is 3.21. The molecule has 0 bridgehead atoms. The Bertz CT molecular complexity index is 683. The van der Waals surface area contributed by atoms with Crippen molar-refractivity contribution in [2.75, 3.05) is 7.05 Å². The average Bonchev–Trinajstić information content (AvgIpc) is 2.46. The number of hydrogen-bond donors (Lipinski definition) is 1. The molecule has 0 unspecified atom stereocenters. The van der Waals surface area contributed by atoms with Gasteiger partial charge in [0.15, 0.2) is 0 Å². The molecule has 116 valence electrons. The van der Waals surface area contributed by atoms with Gasteiger partial charge in [-0.3, -0.25) is 4.79 Å². The summed E-state index contributed by atoms with van der Waals surface area (Å²) in [6.45, 7) is -0.206. The van der Waals surface area contributed by atoms with Gasteiger partial charge in [0.05, 0.1) is 11.1 Å². The molecule has 0 atom stereocenters. The number of alkyl halides is 3. The van der Waals surface area contributed by atoms with Gasteiger partial charge in [0.2, 0.25) is 0 Å². The molecule has 0 aliphatic heterocycles. The molecule has 2 rings (SSSR count). The fourth-order valence-electron chi connectivity index (χ4n) is 2.12. The fraction of sp³-hybridized carbons (Fsp3) is 0.188. The molecule has 0 radical (unpaired) electrons. The van der Waals surface area contributed by atoms with E-state index in [0.717, 1.165) is 11.0 Å². The van der Waals surface area contributed by atoms with Gasteiger partial charge in [-0.05, 0) is 23.8 Å². The van der Waals surface area contributed by atoms with Crippen LogP contribution in [0.1, 0.15) is 21.5 Å². The number of para-hydroxylation sites is 1. The highest BCUT2D eigenvalue weighted by Crippen LogP contribution is 2.32. The molecule has 0 aliphatic rings. The Balaban J connectivity index is 2.25. The van der Waals surface area contributed by atoms with Gasteiger partial charge in [-0.2, -0.15) is 13.2 Å². The van der Waals surface area contributed by atoms with Gasteiger partial charge in [0, 0.05) is 13.6 Å². The standard InChI is InChI=1S/C16H14F3NO2/c1-20(15(22)12-7-3-5-9-14(12)21)10-11-6-2-4-8-13(11)16(17,18)19/h2-9,21H,10H2,1H3. The Morgan fingerprint density at radius 3 is 2.32 bits per heavy atom. The van der Waals surface area contributed by atoms with Crippen molar-refractivity contribution in [1.82, 2.24) is 4.90 Å². The minimum Gasteiger partial charge on any atom is -0.507 e. The minimum atomic E-state index is -4.48. The van der Waals surface area contributed by atoms with Crippen molar-refractivity contribution in [3.8, 4) is 5.75 Å². The van der Waals surface area contributed by atoms with Crippen LogP contribution in [0.5, 0.6) is 5.75 Å². The Labute approximate surface area is 125 Å². The van der Waals surface area contributed by atoms with Crippen molar-refractivity contribution in [2.45, 2.75) is 12.7 Å². The number of benzene rings is 2. The Hall–Kier alpha value is -2.50. The van der Waals surface area contributed by atoms with E-state index in [1.807, 2.05) is 0 Å². The van der Waals surface area contributed by atoms with Crippen molar-refractivity contribution in [3.05, 3.63) is 65.2 Å². The van der Waals surface area contributed by atoms with Gasteiger partial charge in [0.1, 0.15) is 5.75 Å². The average molecular weight is 309 g/mol. The first-order chi connectivity index (χ1) is 10.3. The zero-order valence-electron chi connectivity index (χ0n) is 11.8. The first-order valence-corrected chi connectivity index (χ1v) is 6.49. The van der Waals surface area contributed by atoms with Crippen LogP contribution in [0.3, 0.4) is 0 Å². The number of carbonyl (C=O) groups is 1. The zero-order valence-corrected chi connectivity index (χ0v) is 11.8. The summed E-state index contributed by atoms with van der Waals surface area (Å²) in [6, 6.07) is 11.0. The van der Waals surface area contributed by atoms with E-state index in [4.69, 9.17) is 0 Å². The highest BCUT2D eigenvalue weighted by atomic mass is 19.4. The summed E-state index contributed by atoms with van der Waals surface area (Å²) in [5.41, 5.74) is -0.720. The number of aromatic hydroxyl groups is 1. The Morgan fingerprint density at radius 2 is 1.68 bits per heavy atom. The van der Waals surface area contributed by atoms with Crippen LogP contribution in [0.25, 0.3) is 0 Å². The molecule has 22 heavy (non-hydrogen) atoms. The fourth-order valence-corrected chi connectivity index (χ4v) is 2.12. The largest absolute Gasteiger partial charge is 0.507 e. The van der Waals surface area contributed by atoms with Crippen molar-refractivity contribution >= 4 is 5.91 Å². The molecule has 0 heterocycles. The van der Waals surface area contributed by atoms with Gasteiger partial charge in [-0.25, -0.2) is 0 Å². The lowest BCUT2D eigenvalue weighted by Crippen LogP contribution is -2.27. The van der Waals surface area contributed by atoms with Crippen LogP contribution in [0.4, 0.5) is 13.2 Å². The van der Waals surface area contributed by atoms with Crippen molar-refractivity contribution < 1.29 is 23.1 Å². The molecule has 0 saturated carbocycles. The van der Waals surface area contributed by atoms with E-state index in [-0.39, 0.29) is 23.4 Å². The van der Waals surface area contributed by atoms with E-state index in [1.165, 1.54) is 37.4 Å². The van der Waals surface area contributed by atoms with Gasteiger partial charge in [-0.1, -0.05) is 30.3 Å². The lowest BCUT2D eigenvalue weighted by atomic mass is 10.1. The minimum absolute atomic E-state index is 0.00118. The third-order valence-electron chi connectivity index (χ3n) is 3.21. The molecule has 0 aliphatic carbocycles. The Morgan fingerprint density at radius 1 is 1.09 bits per heavy atom. The summed E-state index contributed by atoms with van der Waals surface area (Å²) < 4.78 is 38.8.